The number of carbonyl (C=O) groups is 1. The van der Waals surface area contributed by atoms with E-state index >= 15 is 0 Å². The summed E-state index contributed by atoms with van der Waals surface area (Å²) in [5, 5.41) is 3.18. The summed E-state index contributed by atoms with van der Waals surface area (Å²) in [6.45, 7) is 0. The fraction of sp³-hybridized carbons (Fsp3) is 0.0769. The Morgan fingerprint density at radius 2 is 2.10 bits per heavy atom. The molecule has 3 nitrogen and oxygen atoms in total. The third-order valence-electron chi connectivity index (χ3n) is 2.26. The fourth-order valence-electron chi connectivity index (χ4n) is 1.38. The van der Waals surface area contributed by atoms with Gasteiger partial charge in [-0.2, -0.15) is 0 Å². The molecule has 0 saturated heterocycles. The SMILES string of the molecule is O=C(CSc1ccccc1F)Nc1ncc(Cl)cc1Cl. The molecule has 1 N–H and O–H groups in total. The van der Waals surface area contributed by atoms with E-state index in [1.165, 1.54) is 18.3 Å². The van der Waals surface area contributed by atoms with Crippen molar-refractivity contribution in [2.45, 2.75) is 4.90 Å². The van der Waals surface area contributed by atoms with Gasteiger partial charge in [0.25, 0.3) is 0 Å². The second-order valence-corrected chi connectivity index (χ2v) is 5.61. The summed E-state index contributed by atoms with van der Waals surface area (Å²) in [6, 6.07) is 7.74. The summed E-state index contributed by atoms with van der Waals surface area (Å²) < 4.78 is 13.4. The van der Waals surface area contributed by atoms with Crippen LogP contribution in [0.4, 0.5) is 10.2 Å². The molecular formula is C13H9Cl2FN2OS. The molecule has 0 aliphatic carbocycles. The molecule has 1 heterocycles. The quantitative estimate of drug-likeness (QED) is 0.851. The molecule has 0 fully saturated rings. The number of nitrogens with zero attached hydrogens (tertiary/aromatic N) is 1. The molecule has 7 heteroatoms. The van der Waals surface area contributed by atoms with Crippen molar-refractivity contribution < 1.29 is 9.18 Å². The van der Waals surface area contributed by atoms with Crippen molar-refractivity contribution in [2.75, 3.05) is 11.1 Å². The Morgan fingerprint density at radius 3 is 2.80 bits per heavy atom. The molecule has 1 amide bonds. The third-order valence-corrected chi connectivity index (χ3v) is 3.80. The summed E-state index contributed by atoms with van der Waals surface area (Å²) in [5.41, 5.74) is 0. The smallest absolute Gasteiger partial charge is 0.235 e. The van der Waals surface area contributed by atoms with Gasteiger partial charge in [-0.25, -0.2) is 9.37 Å². The van der Waals surface area contributed by atoms with Gasteiger partial charge in [-0.1, -0.05) is 35.3 Å². The fourth-order valence-corrected chi connectivity index (χ4v) is 2.55. The van der Waals surface area contributed by atoms with Gasteiger partial charge in [-0.3, -0.25) is 4.79 Å². The number of hydrogen-bond acceptors (Lipinski definition) is 3. The molecule has 0 bridgehead atoms. The summed E-state index contributed by atoms with van der Waals surface area (Å²) in [5.74, 6) is -0.389. The van der Waals surface area contributed by atoms with E-state index in [4.69, 9.17) is 23.2 Å². The van der Waals surface area contributed by atoms with Gasteiger partial charge in [0.05, 0.1) is 15.8 Å². The molecule has 0 spiro atoms. The van der Waals surface area contributed by atoms with Crippen molar-refractivity contribution in [2.24, 2.45) is 0 Å². The predicted octanol–water partition coefficient (Wildman–Crippen LogP) is 4.26. The summed E-state index contributed by atoms with van der Waals surface area (Å²) >= 11 is 12.7. The molecule has 1 aromatic carbocycles. The van der Waals surface area contributed by atoms with Crippen molar-refractivity contribution in [1.82, 2.24) is 4.98 Å². The van der Waals surface area contributed by atoms with Gasteiger partial charge >= 0.3 is 0 Å². The number of carbonyl (C=O) groups excluding carboxylic acids is 1. The van der Waals surface area contributed by atoms with Gasteiger partial charge in [-0.05, 0) is 18.2 Å². The maximum absolute atomic E-state index is 13.4. The lowest BCUT2D eigenvalue weighted by molar-refractivity contribution is -0.113. The van der Waals surface area contributed by atoms with Crippen LogP contribution in [-0.4, -0.2) is 16.6 Å². The first-order valence-electron chi connectivity index (χ1n) is 5.54. The van der Waals surface area contributed by atoms with E-state index in [1.54, 1.807) is 18.2 Å². The number of halogens is 3. The van der Waals surface area contributed by atoms with Gasteiger partial charge in [-0.15, -0.1) is 11.8 Å². The summed E-state index contributed by atoms with van der Waals surface area (Å²) in [7, 11) is 0. The average Bonchev–Trinajstić information content (AvgIpc) is 2.41. The average molecular weight is 331 g/mol. The highest BCUT2D eigenvalue weighted by Gasteiger charge is 2.09. The minimum atomic E-state index is -0.354. The Bertz CT molecular complexity index is 640. The number of rotatable bonds is 4. The molecule has 0 aliphatic rings. The summed E-state index contributed by atoms with van der Waals surface area (Å²) in [6.07, 6.45) is 1.38. The number of nitrogens with one attached hydrogen (secondary N) is 1. The van der Waals surface area contributed by atoms with E-state index in [-0.39, 0.29) is 28.3 Å². The lowest BCUT2D eigenvalue weighted by Crippen LogP contribution is -2.15. The third kappa shape index (κ3) is 4.10. The molecule has 104 valence electrons. The van der Waals surface area contributed by atoms with Crippen LogP contribution in [0, 0.1) is 5.82 Å². The molecule has 2 rings (SSSR count). The first kappa shape index (κ1) is 15.1. The van der Waals surface area contributed by atoms with Gasteiger partial charge in [0.15, 0.2) is 5.82 Å². The van der Waals surface area contributed by atoms with Crippen LogP contribution in [0.5, 0.6) is 0 Å². The van der Waals surface area contributed by atoms with E-state index in [1.807, 2.05) is 0 Å². The van der Waals surface area contributed by atoms with Crippen molar-refractivity contribution >= 4 is 46.7 Å². The number of benzene rings is 1. The van der Waals surface area contributed by atoms with Crippen LogP contribution in [0.3, 0.4) is 0 Å². The van der Waals surface area contributed by atoms with Crippen LogP contribution in [0.25, 0.3) is 0 Å². The topological polar surface area (TPSA) is 42.0 Å². The Hall–Kier alpha value is -1.30. The Balaban J connectivity index is 1.94. The van der Waals surface area contributed by atoms with E-state index in [2.05, 4.69) is 10.3 Å². The zero-order chi connectivity index (χ0) is 14.5. The van der Waals surface area contributed by atoms with Crippen LogP contribution < -0.4 is 5.32 Å². The Labute approximate surface area is 129 Å². The van der Waals surface area contributed by atoms with Crippen molar-refractivity contribution in [1.29, 1.82) is 0 Å². The molecule has 0 radical (unpaired) electrons. The van der Waals surface area contributed by atoms with Gasteiger partial charge in [0.2, 0.25) is 5.91 Å². The second kappa shape index (κ2) is 6.92. The van der Waals surface area contributed by atoms with Gasteiger partial charge in [0, 0.05) is 11.1 Å². The molecule has 0 aliphatic heterocycles. The normalized spacial score (nSPS) is 10.3. The van der Waals surface area contributed by atoms with E-state index in [0.717, 1.165) is 11.8 Å². The van der Waals surface area contributed by atoms with E-state index in [0.29, 0.717) is 9.92 Å². The highest BCUT2D eigenvalue weighted by Crippen LogP contribution is 2.24. The second-order valence-electron chi connectivity index (χ2n) is 3.75. The van der Waals surface area contributed by atoms with E-state index < -0.39 is 0 Å². The van der Waals surface area contributed by atoms with Crippen LogP contribution in [0.2, 0.25) is 10.0 Å². The monoisotopic (exact) mass is 330 g/mol. The van der Waals surface area contributed by atoms with Crippen molar-refractivity contribution in [3.05, 3.63) is 52.4 Å². The number of amides is 1. The Kier molecular flexibility index (Phi) is 5.23. The molecular weight excluding hydrogens is 322 g/mol. The standard InChI is InChI=1S/C13H9Cl2FN2OS/c14-8-5-9(15)13(17-6-8)18-12(19)7-20-11-4-2-1-3-10(11)16/h1-6H,7H2,(H,17,18,19). The van der Waals surface area contributed by atoms with Gasteiger partial charge in [0.1, 0.15) is 5.82 Å². The summed E-state index contributed by atoms with van der Waals surface area (Å²) in [4.78, 5) is 16.1. The zero-order valence-electron chi connectivity index (χ0n) is 10.1. The number of aromatic nitrogens is 1. The first-order valence-corrected chi connectivity index (χ1v) is 7.28. The maximum atomic E-state index is 13.4. The maximum Gasteiger partial charge on any atom is 0.235 e. The van der Waals surface area contributed by atoms with E-state index in [9.17, 15) is 9.18 Å². The van der Waals surface area contributed by atoms with Gasteiger partial charge < -0.3 is 5.32 Å². The molecule has 0 atom stereocenters. The van der Waals surface area contributed by atoms with Crippen LogP contribution in [0.1, 0.15) is 0 Å². The number of hydrogen-bond donors (Lipinski definition) is 1. The van der Waals surface area contributed by atoms with Crippen molar-refractivity contribution in [3.63, 3.8) is 0 Å². The molecule has 1 aromatic heterocycles. The predicted molar refractivity (Wildman–Crippen MR) is 80.0 cm³/mol. The molecule has 20 heavy (non-hydrogen) atoms. The van der Waals surface area contributed by atoms with Crippen LogP contribution in [0.15, 0.2) is 41.4 Å². The van der Waals surface area contributed by atoms with Crippen molar-refractivity contribution in [3.8, 4) is 0 Å². The highest BCUT2D eigenvalue weighted by atomic mass is 35.5. The number of anilines is 1. The Morgan fingerprint density at radius 1 is 1.35 bits per heavy atom. The number of thioether (sulfide) groups is 1. The highest BCUT2D eigenvalue weighted by molar-refractivity contribution is 8.00. The number of pyridine rings is 1. The van der Waals surface area contributed by atoms with Crippen LogP contribution >= 0.6 is 35.0 Å². The lowest BCUT2D eigenvalue weighted by atomic mass is 10.3. The molecule has 2 aromatic rings. The molecule has 0 saturated carbocycles. The molecule has 0 unspecified atom stereocenters. The lowest BCUT2D eigenvalue weighted by Gasteiger charge is -2.06. The minimum absolute atomic E-state index is 0.0571. The van der Waals surface area contributed by atoms with Crippen LogP contribution in [-0.2, 0) is 4.79 Å². The zero-order valence-corrected chi connectivity index (χ0v) is 12.4. The minimum Gasteiger partial charge on any atom is -0.309 e. The first-order chi connectivity index (χ1) is 9.56. The largest absolute Gasteiger partial charge is 0.309 e.